The van der Waals surface area contributed by atoms with Crippen LogP contribution in [-0.2, 0) is 0 Å². The summed E-state index contributed by atoms with van der Waals surface area (Å²) in [5, 5.41) is 2.14. The van der Waals surface area contributed by atoms with Crippen LogP contribution in [0.5, 0.6) is 0 Å². The predicted octanol–water partition coefficient (Wildman–Crippen LogP) is 5.01. The summed E-state index contributed by atoms with van der Waals surface area (Å²) in [6.07, 6.45) is 0. The molecule has 0 amide bonds. The fourth-order valence-corrected chi connectivity index (χ4v) is 3.25. The Balaban J connectivity index is 2.34. The topological polar surface area (TPSA) is 25.8 Å². The second-order valence-corrected chi connectivity index (χ2v) is 5.97. The molecule has 6 heteroatoms. The average molecular weight is 350 g/mol. The smallest absolute Gasteiger partial charge is 0.127 e. The monoisotopic (exact) mass is 348 g/mol. The molecule has 0 saturated carbocycles. The van der Waals surface area contributed by atoms with E-state index in [1.807, 2.05) is 19.1 Å². The number of nitrogens with zero attached hydrogens (tertiary/aromatic N) is 2. The van der Waals surface area contributed by atoms with Gasteiger partial charge in [0.15, 0.2) is 0 Å². The number of hydrogen-bond donors (Lipinski definition) is 0. The molecule has 88 valence electrons. The Bertz CT molecular complexity index is 543. The van der Waals surface area contributed by atoms with Crippen LogP contribution in [0.3, 0.4) is 0 Å². The molecule has 2 aromatic rings. The molecule has 0 aliphatic carbocycles. The van der Waals surface area contributed by atoms with E-state index in [0.717, 1.165) is 14.5 Å². The minimum atomic E-state index is 0.654. The molecule has 0 radical (unpaired) electrons. The van der Waals surface area contributed by atoms with Gasteiger partial charge in [0.2, 0.25) is 0 Å². The van der Waals surface area contributed by atoms with Gasteiger partial charge in [-0.25, -0.2) is 9.97 Å². The van der Waals surface area contributed by atoms with Crippen LogP contribution < -0.4 is 0 Å². The van der Waals surface area contributed by atoms with Crippen molar-refractivity contribution < 1.29 is 0 Å². The van der Waals surface area contributed by atoms with Crippen LogP contribution in [0, 0.1) is 6.92 Å². The molecule has 0 fully saturated rings. The second-order valence-electron chi connectivity index (χ2n) is 3.25. The molecule has 0 unspecified atom stereocenters. The van der Waals surface area contributed by atoms with Crippen molar-refractivity contribution >= 4 is 50.9 Å². The Morgan fingerprint density at radius 3 is 2.65 bits per heavy atom. The molecule has 0 bridgehead atoms. The van der Waals surface area contributed by atoms with Gasteiger partial charge >= 0.3 is 0 Å². The van der Waals surface area contributed by atoms with E-state index >= 15 is 0 Å². The number of hydrogen-bond acceptors (Lipinski definition) is 3. The minimum absolute atomic E-state index is 0.654. The molecule has 1 heterocycles. The molecule has 17 heavy (non-hydrogen) atoms. The Morgan fingerprint density at radius 1 is 1.18 bits per heavy atom. The fraction of sp³-hybridized carbons (Fsp3) is 0.0909. The molecule has 0 spiro atoms. The summed E-state index contributed by atoms with van der Waals surface area (Å²) >= 11 is 16.8. The zero-order valence-corrected chi connectivity index (χ0v) is 12.7. The van der Waals surface area contributed by atoms with Crippen molar-refractivity contribution in [3.05, 3.63) is 44.7 Å². The average Bonchev–Trinajstić information content (AvgIpc) is 2.22. The summed E-state index contributed by atoms with van der Waals surface area (Å²) < 4.78 is 0.755. The summed E-state index contributed by atoms with van der Waals surface area (Å²) in [5.41, 5.74) is 0. The van der Waals surface area contributed by atoms with Crippen molar-refractivity contribution in [1.82, 2.24) is 9.97 Å². The maximum Gasteiger partial charge on any atom is 0.127 e. The lowest BCUT2D eigenvalue weighted by Gasteiger charge is -2.05. The molecule has 0 aliphatic heterocycles. The largest absolute Gasteiger partial charge is 0.226 e. The highest BCUT2D eigenvalue weighted by molar-refractivity contribution is 9.10. The third-order valence-corrected chi connectivity index (χ3v) is 3.95. The zero-order valence-electron chi connectivity index (χ0n) is 8.75. The van der Waals surface area contributed by atoms with Crippen LogP contribution in [0.2, 0.25) is 10.0 Å². The van der Waals surface area contributed by atoms with Crippen LogP contribution in [0.15, 0.2) is 38.8 Å². The van der Waals surface area contributed by atoms with Crippen LogP contribution in [0.25, 0.3) is 0 Å². The lowest BCUT2D eigenvalue weighted by molar-refractivity contribution is 0.951. The Morgan fingerprint density at radius 2 is 1.94 bits per heavy atom. The number of halogens is 3. The van der Waals surface area contributed by atoms with E-state index in [9.17, 15) is 0 Å². The molecule has 1 aromatic heterocycles. The van der Waals surface area contributed by atoms with E-state index in [4.69, 9.17) is 23.2 Å². The first-order valence-corrected chi connectivity index (χ1v) is 7.05. The van der Waals surface area contributed by atoms with Crippen molar-refractivity contribution in [2.75, 3.05) is 0 Å². The molecule has 1 aromatic carbocycles. The number of rotatable bonds is 2. The van der Waals surface area contributed by atoms with Gasteiger partial charge in [-0.2, -0.15) is 0 Å². The molecule has 0 aliphatic rings. The van der Waals surface area contributed by atoms with Gasteiger partial charge in [-0.05, 0) is 41.1 Å². The maximum absolute atomic E-state index is 6.09. The van der Waals surface area contributed by atoms with Crippen LogP contribution in [0.4, 0.5) is 0 Å². The third kappa shape index (κ3) is 3.58. The standard InChI is InChI=1S/C11H7BrCl2N2S/c1-6-15-10(12)5-11(16-6)17-9-4-7(13)2-3-8(9)14/h2-5H,1H3. The Labute approximate surface area is 122 Å². The molecule has 0 saturated heterocycles. The lowest BCUT2D eigenvalue weighted by Crippen LogP contribution is -1.90. The highest BCUT2D eigenvalue weighted by atomic mass is 79.9. The molecule has 0 N–H and O–H groups in total. The summed E-state index contributed by atoms with van der Waals surface area (Å²) in [5.74, 6) is 0.708. The maximum atomic E-state index is 6.09. The van der Waals surface area contributed by atoms with Crippen LogP contribution in [-0.4, -0.2) is 9.97 Å². The minimum Gasteiger partial charge on any atom is -0.226 e. The normalized spacial score (nSPS) is 10.6. The molecule has 0 atom stereocenters. The van der Waals surface area contributed by atoms with Crippen molar-refractivity contribution in [1.29, 1.82) is 0 Å². The summed E-state index contributed by atoms with van der Waals surface area (Å²) in [4.78, 5) is 9.35. The van der Waals surface area contributed by atoms with Gasteiger partial charge in [-0.15, -0.1) is 0 Å². The first kappa shape index (κ1) is 13.1. The molecule has 2 nitrogen and oxygen atoms in total. The van der Waals surface area contributed by atoms with Gasteiger partial charge in [-0.1, -0.05) is 35.0 Å². The molecule has 2 rings (SSSR count). The van der Waals surface area contributed by atoms with Gasteiger partial charge in [0.25, 0.3) is 0 Å². The highest BCUT2D eigenvalue weighted by Gasteiger charge is 2.06. The van der Waals surface area contributed by atoms with E-state index in [-0.39, 0.29) is 0 Å². The van der Waals surface area contributed by atoms with Gasteiger partial charge in [0.05, 0.1) is 5.02 Å². The van der Waals surface area contributed by atoms with Crippen molar-refractivity contribution in [2.45, 2.75) is 16.8 Å². The Kier molecular flexibility index (Phi) is 4.31. The van der Waals surface area contributed by atoms with E-state index in [1.165, 1.54) is 11.8 Å². The SMILES string of the molecule is Cc1nc(Br)cc(Sc2cc(Cl)ccc2Cl)n1. The summed E-state index contributed by atoms with van der Waals surface area (Å²) in [6.45, 7) is 1.84. The fourth-order valence-electron chi connectivity index (χ4n) is 1.23. The van der Waals surface area contributed by atoms with Gasteiger partial charge in [-0.3, -0.25) is 0 Å². The quantitative estimate of drug-likeness (QED) is 0.713. The Hall–Kier alpha value is -0.290. The number of aryl methyl sites for hydroxylation is 1. The lowest BCUT2D eigenvalue weighted by atomic mass is 10.4. The van der Waals surface area contributed by atoms with Crippen molar-refractivity contribution in [3.8, 4) is 0 Å². The summed E-state index contributed by atoms with van der Waals surface area (Å²) in [7, 11) is 0. The molecular weight excluding hydrogens is 343 g/mol. The molecular formula is C11H7BrCl2N2S. The van der Waals surface area contributed by atoms with E-state index in [2.05, 4.69) is 25.9 Å². The first-order chi connectivity index (χ1) is 8.04. The van der Waals surface area contributed by atoms with Gasteiger partial charge < -0.3 is 0 Å². The second kappa shape index (κ2) is 5.57. The predicted molar refractivity (Wildman–Crippen MR) is 75.1 cm³/mol. The number of benzene rings is 1. The van der Waals surface area contributed by atoms with Gasteiger partial charge in [0.1, 0.15) is 15.5 Å². The van der Waals surface area contributed by atoms with Gasteiger partial charge in [0, 0.05) is 16.0 Å². The van der Waals surface area contributed by atoms with Crippen molar-refractivity contribution in [2.24, 2.45) is 0 Å². The summed E-state index contributed by atoms with van der Waals surface area (Å²) in [6, 6.07) is 7.19. The van der Waals surface area contributed by atoms with Crippen molar-refractivity contribution in [3.63, 3.8) is 0 Å². The first-order valence-electron chi connectivity index (χ1n) is 4.69. The van der Waals surface area contributed by atoms with E-state index in [1.54, 1.807) is 12.1 Å². The number of aromatic nitrogens is 2. The van der Waals surface area contributed by atoms with E-state index in [0.29, 0.717) is 15.9 Å². The van der Waals surface area contributed by atoms with Crippen LogP contribution in [0.1, 0.15) is 5.82 Å². The van der Waals surface area contributed by atoms with E-state index < -0.39 is 0 Å². The van der Waals surface area contributed by atoms with Crippen LogP contribution >= 0.6 is 50.9 Å². The zero-order chi connectivity index (χ0) is 12.4. The highest BCUT2D eigenvalue weighted by Crippen LogP contribution is 2.34. The third-order valence-electron chi connectivity index (χ3n) is 1.89.